The molecule has 0 saturated carbocycles. The van der Waals surface area contributed by atoms with Gasteiger partial charge in [0.05, 0.1) is 18.0 Å². The molecule has 0 radical (unpaired) electrons. The molecule has 0 saturated heterocycles. The fourth-order valence-electron chi connectivity index (χ4n) is 2.52. The number of rotatable bonds is 7. The van der Waals surface area contributed by atoms with Crippen molar-refractivity contribution in [3.8, 4) is 0 Å². The summed E-state index contributed by atoms with van der Waals surface area (Å²) in [7, 11) is -3.87. The van der Waals surface area contributed by atoms with Crippen molar-refractivity contribution in [2.45, 2.75) is 19.4 Å². The van der Waals surface area contributed by atoms with E-state index in [1.54, 1.807) is 0 Å². The van der Waals surface area contributed by atoms with Crippen LogP contribution in [0.15, 0.2) is 48.5 Å². The molecule has 0 heterocycles. The van der Waals surface area contributed by atoms with Gasteiger partial charge in [-0.25, -0.2) is 17.2 Å². The molecule has 140 valence electrons. The van der Waals surface area contributed by atoms with Crippen LogP contribution in [0.4, 0.5) is 14.5 Å². The maximum absolute atomic E-state index is 13.5. The first-order valence-electron chi connectivity index (χ1n) is 7.99. The normalized spacial score (nSPS) is 12.5. The third-order valence-electron chi connectivity index (χ3n) is 3.82. The van der Waals surface area contributed by atoms with Gasteiger partial charge >= 0.3 is 0 Å². The Labute approximate surface area is 151 Å². The molecular weight excluding hydrogens is 362 g/mol. The minimum Gasteiger partial charge on any atom is -0.348 e. The van der Waals surface area contributed by atoms with E-state index in [4.69, 9.17) is 0 Å². The van der Waals surface area contributed by atoms with Crippen LogP contribution in [0.1, 0.15) is 24.9 Å². The number of halogens is 2. The van der Waals surface area contributed by atoms with Crippen LogP contribution < -0.4 is 9.62 Å². The van der Waals surface area contributed by atoms with Gasteiger partial charge in [-0.05, 0) is 24.1 Å². The van der Waals surface area contributed by atoms with Gasteiger partial charge in [0.2, 0.25) is 15.9 Å². The summed E-state index contributed by atoms with van der Waals surface area (Å²) in [5.74, 6) is -2.83. The molecule has 0 bridgehead atoms. The third-order valence-corrected chi connectivity index (χ3v) is 4.96. The highest BCUT2D eigenvalue weighted by molar-refractivity contribution is 7.92. The Morgan fingerprint density at radius 3 is 2.31 bits per heavy atom. The summed E-state index contributed by atoms with van der Waals surface area (Å²) in [6, 6.07) is 11.7. The third kappa shape index (κ3) is 5.01. The Hall–Kier alpha value is -2.48. The second-order valence-electron chi connectivity index (χ2n) is 5.81. The lowest BCUT2D eigenvalue weighted by Gasteiger charge is -2.24. The maximum Gasteiger partial charge on any atom is 0.241 e. The van der Waals surface area contributed by atoms with Crippen molar-refractivity contribution < 1.29 is 22.0 Å². The molecule has 5 nitrogen and oxygen atoms in total. The summed E-state index contributed by atoms with van der Waals surface area (Å²) < 4.78 is 51.3. The number of hydrogen-bond donors (Lipinski definition) is 1. The largest absolute Gasteiger partial charge is 0.348 e. The fraction of sp³-hybridized carbons (Fsp3) is 0.278. The lowest BCUT2D eigenvalue weighted by atomic mass is 10.0. The molecule has 2 rings (SSSR count). The summed E-state index contributed by atoms with van der Waals surface area (Å²) in [4.78, 5) is 12.4. The smallest absolute Gasteiger partial charge is 0.241 e. The molecule has 2 aromatic rings. The lowest BCUT2D eigenvalue weighted by Crippen LogP contribution is -2.41. The second kappa shape index (κ2) is 8.27. The molecule has 0 spiro atoms. The van der Waals surface area contributed by atoms with Crippen LogP contribution in [0.3, 0.4) is 0 Å². The van der Waals surface area contributed by atoms with Gasteiger partial charge in [0, 0.05) is 6.07 Å². The van der Waals surface area contributed by atoms with Crippen LogP contribution in [0.2, 0.25) is 0 Å². The van der Waals surface area contributed by atoms with Crippen molar-refractivity contribution in [3.05, 3.63) is 65.7 Å². The van der Waals surface area contributed by atoms with E-state index < -0.39 is 34.1 Å². The number of carbonyl (C=O) groups excluding carboxylic acids is 1. The summed E-state index contributed by atoms with van der Waals surface area (Å²) in [6.07, 6.45) is 1.51. The van der Waals surface area contributed by atoms with Crippen molar-refractivity contribution in [3.63, 3.8) is 0 Å². The Balaban J connectivity index is 2.20. The second-order valence-corrected chi connectivity index (χ2v) is 7.71. The highest BCUT2D eigenvalue weighted by Crippen LogP contribution is 2.21. The first-order valence-corrected chi connectivity index (χ1v) is 9.84. The summed E-state index contributed by atoms with van der Waals surface area (Å²) in [6.45, 7) is 1.36. The average molecular weight is 382 g/mol. The topological polar surface area (TPSA) is 66.5 Å². The van der Waals surface area contributed by atoms with E-state index in [1.165, 1.54) is 0 Å². The molecule has 1 atom stereocenters. The van der Waals surface area contributed by atoms with Gasteiger partial charge < -0.3 is 5.32 Å². The highest BCUT2D eigenvalue weighted by atomic mass is 32.2. The van der Waals surface area contributed by atoms with Gasteiger partial charge in [-0.1, -0.05) is 37.3 Å². The van der Waals surface area contributed by atoms with E-state index in [0.717, 1.165) is 34.3 Å². The van der Waals surface area contributed by atoms with E-state index in [-0.39, 0.29) is 11.7 Å². The summed E-state index contributed by atoms with van der Waals surface area (Å²) >= 11 is 0. The number of hydrogen-bond acceptors (Lipinski definition) is 3. The van der Waals surface area contributed by atoms with Crippen molar-refractivity contribution in [1.82, 2.24) is 5.32 Å². The van der Waals surface area contributed by atoms with Crippen LogP contribution in [-0.2, 0) is 14.8 Å². The lowest BCUT2D eigenvalue weighted by molar-refractivity contribution is -0.120. The van der Waals surface area contributed by atoms with Crippen LogP contribution in [-0.4, -0.2) is 27.1 Å². The van der Waals surface area contributed by atoms with Gasteiger partial charge in [-0.3, -0.25) is 9.10 Å². The number of benzene rings is 2. The van der Waals surface area contributed by atoms with E-state index in [9.17, 15) is 22.0 Å². The van der Waals surface area contributed by atoms with Gasteiger partial charge in [-0.15, -0.1) is 0 Å². The monoisotopic (exact) mass is 382 g/mol. The Morgan fingerprint density at radius 2 is 1.77 bits per heavy atom. The molecule has 0 unspecified atom stereocenters. The first-order chi connectivity index (χ1) is 12.2. The quantitative estimate of drug-likeness (QED) is 0.801. The van der Waals surface area contributed by atoms with Gasteiger partial charge in [0.25, 0.3) is 0 Å². The molecule has 2 aromatic carbocycles. The van der Waals surface area contributed by atoms with Gasteiger partial charge in [0.15, 0.2) is 11.6 Å². The maximum atomic E-state index is 13.5. The molecule has 26 heavy (non-hydrogen) atoms. The van der Waals surface area contributed by atoms with Crippen LogP contribution >= 0.6 is 0 Å². The zero-order chi connectivity index (χ0) is 19.3. The molecular formula is C18H20F2N2O3S. The van der Waals surface area contributed by atoms with Crippen molar-refractivity contribution >= 4 is 21.6 Å². The summed E-state index contributed by atoms with van der Waals surface area (Å²) in [5, 5.41) is 2.77. The molecule has 0 aliphatic heterocycles. The zero-order valence-corrected chi connectivity index (χ0v) is 15.3. The van der Waals surface area contributed by atoms with E-state index in [2.05, 4.69) is 5.32 Å². The van der Waals surface area contributed by atoms with E-state index in [0.29, 0.717) is 6.42 Å². The number of amides is 1. The van der Waals surface area contributed by atoms with E-state index in [1.807, 2.05) is 37.3 Å². The minimum absolute atomic E-state index is 0.116. The molecule has 0 aromatic heterocycles. The summed E-state index contributed by atoms with van der Waals surface area (Å²) in [5.41, 5.74) is 0.774. The average Bonchev–Trinajstić information content (AvgIpc) is 2.60. The predicted molar refractivity (Wildman–Crippen MR) is 96.2 cm³/mol. The van der Waals surface area contributed by atoms with Gasteiger partial charge in [0.1, 0.15) is 6.54 Å². The predicted octanol–water partition coefficient (Wildman–Crippen LogP) is 3.00. The fourth-order valence-corrected chi connectivity index (χ4v) is 3.37. The molecule has 0 fully saturated rings. The number of nitrogens with one attached hydrogen (secondary N) is 1. The number of sulfonamides is 1. The number of carbonyl (C=O) groups is 1. The first kappa shape index (κ1) is 19.8. The minimum atomic E-state index is -3.87. The SMILES string of the molecule is CC[C@H](NC(=O)CN(c1ccc(F)c(F)c1)S(C)(=O)=O)c1ccccc1. The highest BCUT2D eigenvalue weighted by Gasteiger charge is 2.23. The zero-order valence-electron chi connectivity index (χ0n) is 14.4. The standard InChI is InChI=1S/C18H20F2N2O3S/c1-3-17(13-7-5-4-6-8-13)21-18(23)12-22(26(2,24)25)14-9-10-15(19)16(20)11-14/h4-11,17H,3,12H2,1-2H3,(H,21,23)/t17-/m0/s1. The van der Waals surface area contributed by atoms with Gasteiger partial charge in [-0.2, -0.15) is 0 Å². The van der Waals surface area contributed by atoms with Crippen LogP contribution in [0, 0.1) is 11.6 Å². The van der Waals surface area contributed by atoms with E-state index >= 15 is 0 Å². The Bertz CT molecular complexity index is 873. The van der Waals surface area contributed by atoms with Crippen LogP contribution in [0.25, 0.3) is 0 Å². The number of nitrogens with zero attached hydrogens (tertiary/aromatic N) is 1. The van der Waals surface area contributed by atoms with Crippen molar-refractivity contribution in [2.75, 3.05) is 17.1 Å². The molecule has 8 heteroatoms. The molecule has 1 N–H and O–H groups in total. The molecule has 1 amide bonds. The Morgan fingerprint density at radius 1 is 1.12 bits per heavy atom. The van der Waals surface area contributed by atoms with Crippen molar-refractivity contribution in [2.24, 2.45) is 0 Å². The van der Waals surface area contributed by atoms with Crippen LogP contribution in [0.5, 0.6) is 0 Å². The van der Waals surface area contributed by atoms with Crippen molar-refractivity contribution in [1.29, 1.82) is 0 Å². The Kier molecular flexibility index (Phi) is 6.31. The number of anilines is 1. The molecule has 0 aliphatic carbocycles. The molecule has 0 aliphatic rings.